The Bertz CT molecular complexity index is 292. The van der Waals surface area contributed by atoms with Gasteiger partial charge >= 0.3 is 5.97 Å². The van der Waals surface area contributed by atoms with Crippen LogP contribution in [0.4, 0.5) is 0 Å². The fourth-order valence-corrected chi connectivity index (χ4v) is 1.47. The highest BCUT2D eigenvalue weighted by molar-refractivity contribution is 9.09. The molecular weight excluding hydrogens is 232 g/mol. The summed E-state index contributed by atoms with van der Waals surface area (Å²) in [6.07, 6.45) is 0. The molecule has 1 atom stereocenters. The summed E-state index contributed by atoms with van der Waals surface area (Å²) in [4.78, 5) is 10.8. The van der Waals surface area contributed by atoms with E-state index in [1.165, 1.54) is 12.7 Å². The SMILES string of the molecule is COC(=O)[C@@H](Br)c1ccc(C)cc1. The Morgan fingerprint density at radius 3 is 2.38 bits per heavy atom. The van der Waals surface area contributed by atoms with Crippen LogP contribution in [0.15, 0.2) is 24.3 Å². The van der Waals surface area contributed by atoms with Crippen LogP contribution in [0, 0.1) is 6.92 Å². The number of carbonyl (C=O) groups excluding carboxylic acids is 1. The van der Waals surface area contributed by atoms with E-state index in [1.807, 2.05) is 31.2 Å². The molecule has 0 aliphatic heterocycles. The predicted molar refractivity (Wildman–Crippen MR) is 54.9 cm³/mol. The number of ether oxygens (including phenoxy) is 1. The van der Waals surface area contributed by atoms with Crippen molar-refractivity contribution in [3.63, 3.8) is 0 Å². The quantitative estimate of drug-likeness (QED) is 0.589. The van der Waals surface area contributed by atoms with E-state index in [2.05, 4.69) is 20.7 Å². The van der Waals surface area contributed by atoms with Gasteiger partial charge in [-0.3, -0.25) is 4.79 Å². The highest BCUT2D eigenvalue weighted by Gasteiger charge is 2.16. The van der Waals surface area contributed by atoms with Gasteiger partial charge in [0.05, 0.1) is 7.11 Å². The molecule has 0 N–H and O–H groups in total. The zero-order chi connectivity index (χ0) is 9.84. The number of rotatable bonds is 2. The smallest absolute Gasteiger partial charge is 0.323 e. The Balaban J connectivity index is 2.83. The zero-order valence-electron chi connectivity index (χ0n) is 7.58. The van der Waals surface area contributed by atoms with Gasteiger partial charge in [-0.25, -0.2) is 0 Å². The van der Waals surface area contributed by atoms with Crippen molar-refractivity contribution in [2.75, 3.05) is 7.11 Å². The summed E-state index contributed by atoms with van der Waals surface area (Å²) in [6, 6.07) is 7.75. The third kappa shape index (κ3) is 2.56. The first kappa shape index (κ1) is 10.3. The minimum absolute atomic E-state index is 0.274. The van der Waals surface area contributed by atoms with Crippen molar-refractivity contribution in [1.82, 2.24) is 0 Å². The molecule has 0 aromatic heterocycles. The van der Waals surface area contributed by atoms with E-state index in [4.69, 9.17) is 0 Å². The molecule has 0 saturated carbocycles. The first-order valence-electron chi connectivity index (χ1n) is 3.93. The maximum Gasteiger partial charge on any atom is 0.323 e. The van der Waals surface area contributed by atoms with Crippen molar-refractivity contribution in [3.05, 3.63) is 35.4 Å². The van der Waals surface area contributed by atoms with E-state index in [0.29, 0.717) is 0 Å². The van der Waals surface area contributed by atoms with E-state index >= 15 is 0 Å². The van der Waals surface area contributed by atoms with Crippen molar-refractivity contribution in [2.45, 2.75) is 11.8 Å². The van der Waals surface area contributed by atoms with E-state index in [1.54, 1.807) is 0 Å². The molecule has 3 heteroatoms. The van der Waals surface area contributed by atoms with Gasteiger partial charge < -0.3 is 4.74 Å². The molecule has 0 saturated heterocycles. The topological polar surface area (TPSA) is 26.3 Å². The van der Waals surface area contributed by atoms with Crippen LogP contribution in [0.5, 0.6) is 0 Å². The molecule has 0 heterocycles. The van der Waals surface area contributed by atoms with Crippen molar-refractivity contribution in [2.24, 2.45) is 0 Å². The van der Waals surface area contributed by atoms with Gasteiger partial charge in [-0.1, -0.05) is 45.8 Å². The molecule has 0 aliphatic rings. The Labute approximate surface area is 86.0 Å². The molecule has 0 amide bonds. The Morgan fingerprint density at radius 2 is 1.92 bits per heavy atom. The van der Waals surface area contributed by atoms with Gasteiger partial charge in [0.25, 0.3) is 0 Å². The van der Waals surface area contributed by atoms with Crippen LogP contribution in [0.2, 0.25) is 0 Å². The molecular formula is C10H11BrO2. The summed E-state index contributed by atoms with van der Waals surface area (Å²) in [5.74, 6) is -0.274. The highest BCUT2D eigenvalue weighted by Crippen LogP contribution is 2.23. The van der Waals surface area contributed by atoms with Gasteiger partial charge in [0.15, 0.2) is 0 Å². The lowest BCUT2D eigenvalue weighted by atomic mass is 10.1. The number of alkyl halides is 1. The largest absolute Gasteiger partial charge is 0.468 e. The second kappa shape index (κ2) is 4.42. The van der Waals surface area contributed by atoms with Crippen LogP contribution in [0.3, 0.4) is 0 Å². The Hall–Kier alpha value is -0.830. The van der Waals surface area contributed by atoms with E-state index in [-0.39, 0.29) is 10.8 Å². The number of benzene rings is 1. The molecule has 0 fully saturated rings. The lowest BCUT2D eigenvalue weighted by Crippen LogP contribution is -2.07. The summed E-state index contributed by atoms with van der Waals surface area (Å²) in [6.45, 7) is 2.01. The predicted octanol–water partition coefficient (Wildman–Crippen LogP) is 2.60. The number of halogens is 1. The Morgan fingerprint density at radius 1 is 1.38 bits per heavy atom. The fourth-order valence-electron chi connectivity index (χ4n) is 0.975. The monoisotopic (exact) mass is 242 g/mol. The number of esters is 1. The summed E-state index contributed by atoms with van der Waals surface area (Å²) in [5, 5.41) is 0. The lowest BCUT2D eigenvalue weighted by Gasteiger charge is -2.07. The maximum absolute atomic E-state index is 11.1. The van der Waals surface area contributed by atoms with Crippen LogP contribution >= 0.6 is 15.9 Å². The molecule has 0 radical (unpaired) electrons. The molecule has 0 unspecified atom stereocenters. The third-order valence-electron chi connectivity index (χ3n) is 1.78. The van der Waals surface area contributed by atoms with Gasteiger partial charge in [0.2, 0.25) is 0 Å². The molecule has 2 nitrogen and oxygen atoms in total. The molecule has 0 aliphatic carbocycles. The minimum atomic E-state index is -0.363. The number of methoxy groups -OCH3 is 1. The van der Waals surface area contributed by atoms with Gasteiger partial charge in [-0.15, -0.1) is 0 Å². The number of carbonyl (C=O) groups is 1. The standard InChI is InChI=1S/C10H11BrO2/c1-7-3-5-8(6-4-7)9(11)10(12)13-2/h3-6,9H,1-2H3/t9-/m0/s1. The molecule has 13 heavy (non-hydrogen) atoms. The molecule has 1 rings (SSSR count). The van der Waals surface area contributed by atoms with Crippen molar-refractivity contribution in [3.8, 4) is 0 Å². The first-order chi connectivity index (χ1) is 6.15. The van der Waals surface area contributed by atoms with Crippen LogP contribution in [0.1, 0.15) is 16.0 Å². The van der Waals surface area contributed by atoms with Crippen molar-refractivity contribution < 1.29 is 9.53 Å². The second-order valence-electron chi connectivity index (χ2n) is 2.80. The molecule has 0 spiro atoms. The summed E-state index contributed by atoms with van der Waals surface area (Å²) in [5.41, 5.74) is 2.09. The number of hydrogen-bond donors (Lipinski definition) is 0. The van der Waals surface area contributed by atoms with Gasteiger partial charge in [0, 0.05) is 0 Å². The normalized spacial score (nSPS) is 12.2. The minimum Gasteiger partial charge on any atom is -0.468 e. The fraction of sp³-hybridized carbons (Fsp3) is 0.300. The number of hydrogen-bond acceptors (Lipinski definition) is 2. The lowest BCUT2D eigenvalue weighted by molar-refractivity contribution is -0.139. The molecule has 70 valence electrons. The highest BCUT2D eigenvalue weighted by atomic mass is 79.9. The van der Waals surface area contributed by atoms with E-state index in [9.17, 15) is 4.79 Å². The number of aryl methyl sites for hydroxylation is 1. The maximum atomic E-state index is 11.1. The van der Waals surface area contributed by atoms with Crippen LogP contribution in [-0.2, 0) is 9.53 Å². The molecule has 1 aromatic rings. The molecule has 1 aromatic carbocycles. The average Bonchev–Trinajstić information content (AvgIpc) is 2.17. The Kier molecular flexibility index (Phi) is 3.48. The summed E-state index contributed by atoms with van der Waals surface area (Å²) >= 11 is 3.26. The summed E-state index contributed by atoms with van der Waals surface area (Å²) < 4.78 is 4.61. The molecule has 0 bridgehead atoms. The van der Waals surface area contributed by atoms with Crippen molar-refractivity contribution >= 4 is 21.9 Å². The second-order valence-corrected chi connectivity index (χ2v) is 3.71. The first-order valence-corrected chi connectivity index (χ1v) is 4.85. The average molecular weight is 243 g/mol. The van der Waals surface area contributed by atoms with Crippen molar-refractivity contribution in [1.29, 1.82) is 0 Å². The van der Waals surface area contributed by atoms with E-state index < -0.39 is 0 Å². The van der Waals surface area contributed by atoms with Crippen LogP contribution < -0.4 is 0 Å². The summed E-state index contributed by atoms with van der Waals surface area (Å²) in [7, 11) is 1.38. The third-order valence-corrected chi connectivity index (χ3v) is 2.68. The van der Waals surface area contributed by atoms with Crippen LogP contribution in [-0.4, -0.2) is 13.1 Å². The van der Waals surface area contributed by atoms with Gasteiger partial charge in [-0.2, -0.15) is 0 Å². The zero-order valence-corrected chi connectivity index (χ0v) is 9.17. The van der Waals surface area contributed by atoms with E-state index in [0.717, 1.165) is 5.56 Å². The van der Waals surface area contributed by atoms with Gasteiger partial charge in [0.1, 0.15) is 4.83 Å². The van der Waals surface area contributed by atoms with Crippen LogP contribution in [0.25, 0.3) is 0 Å². The van der Waals surface area contributed by atoms with Gasteiger partial charge in [-0.05, 0) is 12.5 Å².